The van der Waals surface area contributed by atoms with Crippen LogP contribution in [0, 0.1) is 10.8 Å². The highest BCUT2D eigenvalue weighted by molar-refractivity contribution is 5.86. The lowest BCUT2D eigenvalue weighted by atomic mass is 9.68. The number of ether oxygens (including phenoxy) is 1. The summed E-state index contributed by atoms with van der Waals surface area (Å²) in [7, 11) is 0. The van der Waals surface area contributed by atoms with E-state index in [1.807, 2.05) is 18.2 Å². The summed E-state index contributed by atoms with van der Waals surface area (Å²) in [6.07, 6.45) is 19.4. The van der Waals surface area contributed by atoms with E-state index in [1.54, 1.807) is 0 Å². The minimum absolute atomic E-state index is 0.0227. The summed E-state index contributed by atoms with van der Waals surface area (Å²) in [4.78, 5) is 27.5. The van der Waals surface area contributed by atoms with Gasteiger partial charge in [-0.1, -0.05) is 121 Å². The van der Waals surface area contributed by atoms with E-state index in [-0.39, 0.29) is 22.8 Å². The van der Waals surface area contributed by atoms with Crippen LogP contribution in [0.1, 0.15) is 148 Å². The summed E-state index contributed by atoms with van der Waals surface area (Å²) in [6.45, 7) is 6.88. The van der Waals surface area contributed by atoms with Gasteiger partial charge >= 0.3 is 5.97 Å². The molecule has 4 heteroatoms. The number of Topliss-reactive ketones (excluding diaryl/α,β-unsaturated/α-hetero) is 1. The van der Waals surface area contributed by atoms with Gasteiger partial charge in [-0.25, -0.2) is 0 Å². The summed E-state index contributed by atoms with van der Waals surface area (Å²) < 4.78 is 6.44. The van der Waals surface area contributed by atoms with E-state index in [4.69, 9.17) is 4.74 Å². The Morgan fingerprint density at radius 3 is 1.87 bits per heavy atom. The van der Waals surface area contributed by atoms with E-state index in [1.165, 1.54) is 25.7 Å². The van der Waals surface area contributed by atoms with Crippen LogP contribution in [0.4, 0.5) is 0 Å². The molecule has 214 valence electrons. The van der Waals surface area contributed by atoms with E-state index in [2.05, 4.69) is 38.2 Å². The molecule has 1 N–H and O–H groups in total. The van der Waals surface area contributed by atoms with Gasteiger partial charge in [0.15, 0.2) is 5.78 Å². The number of hydrogen-bond donors (Lipinski definition) is 1. The molecule has 0 unspecified atom stereocenters. The second kappa shape index (κ2) is 15.8. The van der Waals surface area contributed by atoms with Crippen LogP contribution in [-0.2, 0) is 14.3 Å². The maximum absolute atomic E-state index is 13.9. The number of hydrogen-bond acceptors (Lipinski definition) is 4. The first-order valence-electron chi connectivity index (χ1n) is 16.0. The molecule has 0 heterocycles. The highest BCUT2D eigenvalue weighted by Crippen LogP contribution is 2.44. The average molecular weight is 526 g/mol. The van der Waals surface area contributed by atoms with E-state index in [0.29, 0.717) is 12.3 Å². The van der Waals surface area contributed by atoms with Gasteiger partial charge in [-0.05, 0) is 51.0 Å². The Morgan fingerprint density at radius 1 is 0.789 bits per heavy atom. The summed E-state index contributed by atoms with van der Waals surface area (Å²) in [6, 6.07) is 9.98. The van der Waals surface area contributed by atoms with Crippen LogP contribution >= 0.6 is 0 Å². The van der Waals surface area contributed by atoms with Crippen molar-refractivity contribution >= 4 is 11.8 Å². The lowest BCUT2D eigenvalue weighted by Gasteiger charge is -2.38. The number of esters is 1. The van der Waals surface area contributed by atoms with Crippen LogP contribution in [0.5, 0.6) is 0 Å². The fraction of sp³-hybridized carbons (Fsp3) is 0.765. The summed E-state index contributed by atoms with van der Waals surface area (Å²) in [5.41, 5.74) is 0.495. The molecule has 1 aromatic rings. The minimum atomic E-state index is -0.399. The number of ketones is 1. The van der Waals surface area contributed by atoms with Gasteiger partial charge in [0.1, 0.15) is 6.10 Å². The molecule has 2 saturated carbocycles. The van der Waals surface area contributed by atoms with Crippen LogP contribution in [-0.4, -0.2) is 24.3 Å². The smallest absolute Gasteiger partial charge is 0.312 e. The van der Waals surface area contributed by atoms with Gasteiger partial charge in [-0.15, -0.1) is 0 Å². The molecule has 0 amide bonds. The van der Waals surface area contributed by atoms with Crippen LogP contribution in [0.2, 0.25) is 0 Å². The van der Waals surface area contributed by atoms with Crippen molar-refractivity contribution in [2.75, 3.05) is 6.54 Å². The van der Waals surface area contributed by atoms with Crippen LogP contribution in [0.15, 0.2) is 30.3 Å². The number of rotatable bonds is 16. The summed E-state index contributed by atoms with van der Waals surface area (Å²) >= 11 is 0. The van der Waals surface area contributed by atoms with Gasteiger partial charge in [0.05, 0.1) is 12.0 Å². The predicted octanol–water partition coefficient (Wildman–Crippen LogP) is 8.88. The lowest BCUT2D eigenvalue weighted by Crippen LogP contribution is -2.45. The van der Waals surface area contributed by atoms with Crippen molar-refractivity contribution in [3.05, 3.63) is 35.9 Å². The maximum atomic E-state index is 13.9. The molecule has 0 aromatic heterocycles. The standard InChI is InChI=1S/C34H55NO3/c1-4-6-13-21-33(22-15-9-16-23-33)30(36)27-35-28(3)31(29-19-11-8-12-20-29)38-32(37)34(24-14-7-5-2)25-17-10-18-26-34/h8,11-12,19-20,28,31,35H,4-7,9-10,13-18,21-27H2,1-3H3/t28-,31-/m0/s1. The van der Waals surface area contributed by atoms with Crippen molar-refractivity contribution in [1.82, 2.24) is 5.32 Å². The second-order valence-electron chi connectivity index (χ2n) is 12.4. The third-order valence-corrected chi connectivity index (χ3v) is 9.56. The SMILES string of the molecule is CCCCCC1(C(=O)CN[C@@H](C)[C@H](OC(=O)C2(CCCCC)CCCCC2)c2ccccc2)CCCCC1. The highest BCUT2D eigenvalue weighted by Gasteiger charge is 2.43. The lowest BCUT2D eigenvalue weighted by molar-refractivity contribution is -0.166. The zero-order valence-electron chi connectivity index (χ0n) is 24.7. The Morgan fingerprint density at radius 2 is 1.32 bits per heavy atom. The minimum Gasteiger partial charge on any atom is -0.455 e. The molecule has 3 rings (SSSR count). The van der Waals surface area contributed by atoms with Crippen molar-refractivity contribution in [1.29, 1.82) is 0 Å². The highest BCUT2D eigenvalue weighted by atomic mass is 16.5. The van der Waals surface area contributed by atoms with E-state index < -0.39 is 6.10 Å². The van der Waals surface area contributed by atoms with Gasteiger partial charge < -0.3 is 10.1 Å². The van der Waals surface area contributed by atoms with Gasteiger partial charge in [0, 0.05) is 11.5 Å². The fourth-order valence-electron chi connectivity index (χ4n) is 7.00. The molecule has 0 radical (unpaired) electrons. The van der Waals surface area contributed by atoms with E-state index in [0.717, 1.165) is 95.5 Å². The Balaban J connectivity index is 1.71. The molecule has 38 heavy (non-hydrogen) atoms. The molecule has 0 saturated heterocycles. The normalized spacial score (nSPS) is 20.4. The van der Waals surface area contributed by atoms with Crippen molar-refractivity contribution in [3.63, 3.8) is 0 Å². The van der Waals surface area contributed by atoms with Crippen LogP contribution in [0.3, 0.4) is 0 Å². The molecular weight excluding hydrogens is 470 g/mol. The molecule has 0 aliphatic heterocycles. The topological polar surface area (TPSA) is 55.4 Å². The molecular formula is C34H55NO3. The van der Waals surface area contributed by atoms with Gasteiger partial charge in [-0.3, -0.25) is 9.59 Å². The van der Waals surface area contributed by atoms with Crippen LogP contribution in [0.25, 0.3) is 0 Å². The Labute approximate surface area is 233 Å². The van der Waals surface area contributed by atoms with E-state index in [9.17, 15) is 9.59 Å². The number of carbonyl (C=O) groups excluding carboxylic acids is 2. The zero-order valence-corrected chi connectivity index (χ0v) is 24.7. The third-order valence-electron chi connectivity index (χ3n) is 9.56. The zero-order chi connectivity index (χ0) is 27.3. The number of unbranched alkanes of at least 4 members (excludes halogenated alkanes) is 4. The van der Waals surface area contributed by atoms with E-state index >= 15 is 0 Å². The van der Waals surface area contributed by atoms with Crippen molar-refractivity contribution in [2.45, 2.75) is 148 Å². The molecule has 2 aliphatic rings. The average Bonchev–Trinajstić information content (AvgIpc) is 2.96. The van der Waals surface area contributed by atoms with Gasteiger partial charge in [-0.2, -0.15) is 0 Å². The molecule has 2 aliphatic carbocycles. The second-order valence-corrected chi connectivity index (χ2v) is 12.4. The Hall–Kier alpha value is -1.68. The molecule has 0 spiro atoms. The predicted molar refractivity (Wildman–Crippen MR) is 157 cm³/mol. The fourth-order valence-corrected chi connectivity index (χ4v) is 7.00. The maximum Gasteiger partial charge on any atom is 0.312 e. The van der Waals surface area contributed by atoms with Crippen LogP contribution < -0.4 is 5.32 Å². The summed E-state index contributed by atoms with van der Waals surface area (Å²) in [5.74, 6) is 0.340. The molecule has 2 atom stereocenters. The van der Waals surface area contributed by atoms with Gasteiger partial charge in [0.2, 0.25) is 0 Å². The van der Waals surface area contributed by atoms with Gasteiger partial charge in [0.25, 0.3) is 0 Å². The molecule has 4 nitrogen and oxygen atoms in total. The summed E-state index contributed by atoms with van der Waals surface area (Å²) in [5, 5.41) is 3.54. The molecule has 1 aromatic carbocycles. The first-order valence-corrected chi connectivity index (χ1v) is 16.0. The first kappa shape index (κ1) is 30.9. The van der Waals surface area contributed by atoms with Crippen molar-refractivity contribution in [2.24, 2.45) is 10.8 Å². The monoisotopic (exact) mass is 525 g/mol. The van der Waals surface area contributed by atoms with Crippen molar-refractivity contribution < 1.29 is 14.3 Å². The molecule has 2 fully saturated rings. The molecule has 0 bridgehead atoms. The number of carbonyl (C=O) groups is 2. The first-order chi connectivity index (χ1) is 18.5. The van der Waals surface area contributed by atoms with Crippen molar-refractivity contribution in [3.8, 4) is 0 Å². The Bertz CT molecular complexity index is 823. The third kappa shape index (κ3) is 8.41. The number of nitrogens with one attached hydrogen (secondary N) is 1. The Kier molecular flexibility index (Phi) is 12.8. The quantitative estimate of drug-likeness (QED) is 0.173. The number of benzene rings is 1. The largest absolute Gasteiger partial charge is 0.455 e.